The summed E-state index contributed by atoms with van der Waals surface area (Å²) in [6, 6.07) is 14.8. The van der Waals surface area contributed by atoms with Crippen molar-refractivity contribution in [2.24, 2.45) is 0 Å². The topological polar surface area (TPSA) is 89.9 Å². The number of amides is 1. The van der Waals surface area contributed by atoms with Crippen molar-refractivity contribution < 1.29 is 9.53 Å². The van der Waals surface area contributed by atoms with E-state index < -0.39 is 0 Å². The van der Waals surface area contributed by atoms with Gasteiger partial charge in [0.15, 0.2) is 5.82 Å². The van der Waals surface area contributed by atoms with E-state index >= 15 is 0 Å². The van der Waals surface area contributed by atoms with Gasteiger partial charge >= 0.3 is 0 Å². The average molecular weight is 397 g/mol. The number of rotatable bonds is 6. The number of carbonyl (C=O) groups is 1. The molecule has 0 spiro atoms. The van der Waals surface area contributed by atoms with E-state index in [1.165, 1.54) is 0 Å². The summed E-state index contributed by atoms with van der Waals surface area (Å²) in [6.45, 7) is 0.384. The van der Waals surface area contributed by atoms with Crippen LogP contribution in [-0.2, 0) is 6.54 Å². The molecule has 0 aliphatic heterocycles. The molecule has 3 aromatic heterocycles. The third-order valence-electron chi connectivity index (χ3n) is 4.54. The summed E-state index contributed by atoms with van der Waals surface area (Å²) in [4.78, 5) is 30.1. The predicted molar refractivity (Wildman–Crippen MR) is 113 cm³/mol. The van der Waals surface area contributed by atoms with Crippen LogP contribution in [0.3, 0.4) is 0 Å². The molecular weight excluding hydrogens is 378 g/mol. The van der Waals surface area contributed by atoms with Crippen molar-refractivity contribution in [2.45, 2.75) is 6.54 Å². The average Bonchev–Trinajstić information content (AvgIpc) is 2.83. The first-order valence-electron chi connectivity index (χ1n) is 9.33. The molecule has 148 valence electrons. The van der Waals surface area contributed by atoms with Gasteiger partial charge in [0.1, 0.15) is 5.75 Å². The van der Waals surface area contributed by atoms with E-state index in [1.54, 1.807) is 38.1 Å². The first-order valence-corrected chi connectivity index (χ1v) is 9.33. The monoisotopic (exact) mass is 397 g/mol. The number of benzene rings is 1. The highest BCUT2D eigenvalue weighted by molar-refractivity contribution is 5.99. The van der Waals surface area contributed by atoms with E-state index in [2.05, 4.69) is 20.3 Å². The molecule has 1 aromatic carbocycles. The highest BCUT2D eigenvalue weighted by Gasteiger charge is 2.17. The molecule has 4 aromatic rings. The molecule has 0 bridgehead atoms. The van der Waals surface area contributed by atoms with Crippen LogP contribution in [0.5, 0.6) is 5.75 Å². The van der Waals surface area contributed by atoms with Crippen LogP contribution in [0.15, 0.2) is 79.5 Å². The van der Waals surface area contributed by atoms with Gasteiger partial charge in [0.2, 0.25) is 0 Å². The molecule has 0 atom stereocenters. The predicted octanol–water partition coefficient (Wildman–Crippen LogP) is 3.54. The lowest BCUT2D eigenvalue weighted by Crippen LogP contribution is -2.24. The minimum absolute atomic E-state index is 0.251. The van der Waals surface area contributed by atoms with Crippen LogP contribution in [0.2, 0.25) is 0 Å². The third kappa shape index (κ3) is 4.30. The second kappa shape index (κ2) is 8.91. The molecule has 0 unspecified atom stereocenters. The van der Waals surface area contributed by atoms with Gasteiger partial charge < -0.3 is 10.1 Å². The molecule has 0 radical (unpaired) electrons. The van der Waals surface area contributed by atoms with Crippen molar-refractivity contribution in [1.29, 1.82) is 0 Å². The van der Waals surface area contributed by atoms with E-state index in [-0.39, 0.29) is 5.91 Å². The Morgan fingerprint density at radius 3 is 2.23 bits per heavy atom. The maximum absolute atomic E-state index is 12.9. The Morgan fingerprint density at radius 1 is 0.900 bits per heavy atom. The van der Waals surface area contributed by atoms with Gasteiger partial charge in [0, 0.05) is 48.7 Å². The van der Waals surface area contributed by atoms with Gasteiger partial charge in [0.25, 0.3) is 5.91 Å². The van der Waals surface area contributed by atoms with Crippen LogP contribution in [0.1, 0.15) is 15.9 Å². The number of carbonyl (C=O) groups excluding carboxylic acids is 1. The zero-order valence-corrected chi connectivity index (χ0v) is 16.3. The molecule has 0 saturated carbocycles. The Bertz CT molecular complexity index is 1130. The maximum Gasteiger partial charge on any atom is 0.255 e. The number of nitrogens with one attached hydrogen (secondary N) is 1. The van der Waals surface area contributed by atoms with Crippen LogP contribution in [-0.4, -0.2) is 33.0 Å². The van der Waals surface area contributed by atoms with Crippen LogP contribution in [0.25, 0.3) is 22.6 Å². The zero-order valence-electron chi connectivity index (χ0n) is 16.3. The van der Waals surface area contributed by atoms with E-state index in [4.69, 9.17) is 9.72 Å². The highest BCUT2D eigenvalue weighted by Crippen LogP contribution is 2.26. The smallest absolute Gasteiger partial charge is 0.255 e. The van der Waals surface area contributed by atoms with E-state index in [9.17, 15) is 4.79 Å². The number of ether oxygens (including phenoxy) is 1. The van der Waals surface area contributed by atoms with Gasteiger partial charge in [-0.3, -0.25) is 14.8 Å². The van der Waals surface area contributed by atoms with E-state index in [1.807, 2.05) is 48.5 Å². The number of pyridine rings is 2. The fraction of sp³-hybridized carbons (Fsp3) is 0.0870. The molecule has 3 heterocycles. The van der Waals surface area contributed by atoms with Gasteiger partial charge in [-0.15, -0.1) is 0 Å². The fourth-order valence-electron chi connectivity index (χ4n) is 2.94. The molecule has 0 aliphatic rings. The standard InChI is InChI=1S/C23H19N5O2/c1-30-19-4-2-17(3-5-19)21-20(23(29)27-14-16-6-10-24-11-7-16)15-26-22(28-21)18-8-12-25-13-9-18/h2-13,15H,14H2,1H3,(H,27,29). The second-order valence-electron chi connectivity index (χ2n) is 6.46. The third-order valence-corrected chi connectivity index (χ3v) is 4.54. The van der Waals surface area contributed by atoms with Crippen molar-refractivity contribution in [3.05, 3.63) is 90.6 Å². The van der Waals surface area contributed by atoms with Gasteiger partial charge in [-0.05, 0) is 54.1 Å². The minimum Gasteiger partial charge on any atom is -0.497 e. The quantitative estimate of drug-likeness (QED) is 0.535. The first-order chi connectivity index (χ1) is 14.7. The maximum atomic E-state index is 12.9. The number of methoxy groups -OCH3 is 1. The lowest BCUT2D eigenvalue weighted by Gasteiger charge is -2.12. The molecule has 0 aliphatic carbocycles. The molecule has 0 fully saturated rings. The molecule has 1 N–H and O–H groups in total. The minimum atomic E-state index is -0.251. The SMILES string of the molecule is COc1ccc(-c2nc(-c3ccncc3)ncc2C(=O)NCc2ccncc2)cc1. The van der Waals surface area contributed by atoms with Crippen molar-refractivity contribution in [3.8, 4) is 28.4 Å². The van der Waals surface area contributed by atoms with Crippen molar-refractivity contribution in [1.82, 2.24) is 25.3 Å². The summed E-state index contributed by atoms with van der Waals surface area (Å²) in [5.74, 6) is 0.999. The van der Waals surface area contributed by atoms with Crippen molar-refractivity contribution in [2.75, 3.05) is 7.11 Å². The summed E-state index contributed by atoms with van der Waals surface area (Å²) in [7, 11) is 1.61. The van der Waals surface area contributed by atoms with E-state index in [0.717, 1.165) is 22.4 Å². The number of nitrogens with zero attached hydrogens (tertiary/aromatic N) is 4. The number of hydrogen-bond donors (Lipinski definition) is 1. The largest absolute Gasteiger partial charge is 0.497 e. The second-order valence-corrected chi connectivity index (χ2v) is 6.46. The summed E-state index contributed by atoms with van der Waals surface area (Å²) in [6.07, 6.45) is 8.31. The fourth-order valence-corrected chi connectivity index (χ4v) is 2.94. The highest BCUT2D eigenvalue weighted by atomic mass is 16.5. The Balaban J connectivity index is 1.70. The van der Waals surface area contributed by atoms with Crippen molar-refractivity contribution in [3.63, 3.8) is 0 Å². The van der Waals surface area contributed by atoms with Crippen LogP contribution in [0.4, 0.5) is 0 Å². The van der Waals surface area contributed by atoms with Gasteiger partial charge in [-0.1, -0.05) is 0 Å². The number of hydrogen-bond acceptors (Lipinski definition) is 6. The van der Waals surface area contributed by atoms with Crippen LogP contribution in [0, 0.1) is 0 Å². The van der Waals surface area contributed by atoms with Gasteiger partial charge in [-0.25, -0.2) is 9.97 Å². The Morgan fingerprint density at radius 2 is 1.57 bits per heavy atom. The molecule has 30 heavy (non-hydrogen) atoms. The summed E-state index contributed by atoms with van der Waals surface area (Å²) in [5.41, 5.74) is 3.52. The van der Waals surface area contributed by atoms with Crippen molar-refractivity contribution >= 4 is 5.91 Å². The Hall–Kier alpha value is -4.13. The lowest BCUT2D eigenvalue weighted by atomic mass is 10.1. The van der Waals surface area contributed by atoms with Crippen LogP contribution < -0.4 is 10.1 Å². The molecule has 0 saturated heterocycles. The summed E-state index contributed by atoms with van der Waals surface area (Å²) in [5, 5.41) is 2.93. The van der Waals surface area contributed by atoms with E-state index in [0.29, 0.717) is 23.6 Å². The summed E-state index contributed by atoms with van der Waals surface area (Å²) < 4.78 is 5.24. The van der Waals surface area contributed by atoms with Gasteiger partial charge in [-0.2, -0.15) is 0 Å². The molecule has 7 heteroatoms. The zero-order chi connectivity index (χ0) is 20.8. The molecule has 7 nitrogen and oxygen atoms in total. The molecular formula is C23H19N5O2. The number of aromatic nitrogens is 4. The summed E-state index contributed by atoms with van der Waals surface area (Å²) >= 11 is 0. The first kappa shape index (κ1) is 19.2. The normalized spacial score (nSPS) is 10.4. The molecule has 4 rings (SSSR count). The molecule has 1 amide bonds. The Kier molecular flexibility index (Phi) is 5.70. The Labute approximate surface area is 173 Å². The van der Waals surface area contributed by atoms with Gasteiger partial charge in [0.05, 0.1) is 18.4 Å². The van der Waals surface area contributed by atoms with Crippen LogP contribution >= 0.6 is 0 Å². The lowest BCUT2D eigenvalue weighted by molar-refractivity contribution is 0.0951.